The zero-order valence-electron chi connectivity index (χ0n) is 24.8. The van der Waals surface area contributed by atoms with Gasteiger partial charge in [0.05, 0.1) is 18.1 Å². The quantitative estimate of drug-likeness (QED) is 0.268. The van der Waals surface area contributed by atoms with Crippen LogP contribution in [0.3, 0.4) is 0 Å². The van der Waals surface area contributed by atoms with Gasteiger partial charge in [-0.3, -0.25) is 14.4 Å². The predicted octanol–water partition coefficient (Wildman–Crippen LogP) is 3.73. The summed E-state index contributed by atoms with van der Waals surface area (Å²) in [5.41, 5.74) is 2.28. The molecule has 3 amide bonds. The SMILES string of the molecule is CCCN(CCC)C(=O)c1ccc(C)c(C(=O)N[C@@H](Cc2ccccc2)[C@@H](O)[C@H](O)[C@@H](C)C(=O)NCC(C)C)c1. The van der Waals surface area contributed by atoms with Gasteiger partial charge in [0.2, 0.25) is 5.91 Å². The van der Waals surface area contributed by atoms with E-state index in [1.54, 1.807) is 36.9 Å². The molecule has 4 atom stereocenters. The normalized spacial score (nSPS) is 14.2. The molecule has 0 aliphatic carbocycles. The van der Waals surface area contributed by atoms with Crippen LogP contribution in [0.4, 0.5) is 0 Å². The fourth-order valence-corrected chi connectivity index (χ4v) is 4.56. The third kappa shape index (κ3) is 9.45. The number of aliphatic hydroxyl groups is 2. The summed E-state index contributed by atoms with van der Waals surface area (Å²) in [6, 6.07) is 13.5. The highest BCUT2D eigenvalue weighted by Gasteiger charge is 2.35. The van der Waals surface area contributed by atoms with Gasteiger partial charge in [0, 0.05) is 30.8 Å². The number of nitrogens with zero attached hydrogens (tertiary/aromatic N) is 1. The topological polar surface area (TPSA) is 119 Å². The van der Waals surface area contributed by atoms with Crippen molar-refractivity contribution in [3.05, 3.63) is 70.8 Å². The van der Waals surface area contributed by atoms with E-state index in [1.165, 1.54) is 0 Å². The number of benzene rings is 2. The standard InChI is InChI=1S/C32H47N3O5/c1-7-16-35(17-8-2)32(40)25-15-14-22(5)26(19-25)31(39)34-27(18-24-12-10-9-11-13-24)29(37)28(36)23(6)30(38)33-20-21(3)4/h9-15,19,21,23,27-29,36-37H,7-8,16-18,20H2,1-6H3,(H,33,38)(H,34,39)/t23-,27+,28-,29-/m1/s1. The largest absolute Gasteiger partial charge is 0.390 e. The van der Waals surface area contributed by atoms with Crippen LogP contribution in [-0.4, -0.2) is 70.7 Å². The Kier molecular flexibility index (Phi) is 13.3. The molecule has 0 saturated heterocycles. The summed E-state index contributed by atoms with van der Waals surface area (Å²) in [7, 11) is 0. The van der Waals surface area contributed by atoms with Crippen molar-refractivity contribution in [3.8, 4) is 0 Å². The monoisotopic (exact) mass is 553 g/mol. The lowest BCUT2D eigenvalue weighted by Crippen LogP contribution is -2.53. The molecule has 0 radical (unpaired) electrons. The number of amides is 3. The number of aliphatic hydroxyl groups excluding tert-OH is 2. The molecule has 0 unspecified atom stereocenters. The molecule has 0 bridgehead atoms. The lowest BCUT2D eigenvalue weighted by atomic mass is 9.90. The summed E-state index contributed by atoms with van der Waals surface area (Å²) in [4.78, 5) is 41.1. The van der Waals surface area contributed by atoms with E-state index in [0.717, 1.165) is 18.4 Å². The zero-order chi connectivity index (χ0) is 29.8. The van der Waals surface area contributed by atoms with Crippen LogP contribution in [0.1, 0.15) is 79.3 Å². The first-order valence-electron chi connectivity index (χ1n) is 14.4. The van der Waals surface area contributed by atoms with Gasteiger partial charge in [-0.25, -0.2) is 0 Å². The number of hydrogen-bond donors (Lipinski definition) is 4. The molecule has 40 heavy (non-hydrogen) atoms. The minimum absolute atomic E-state index is 0.129. The molecule has 2 rings (SSSR count). The maximum atomic E-state index is 13.6. The van der Waals surface area contributed by atoms with Gasteiger partial charge in [0.15, 0.2) is 0 Å². The number of aryl methyl sites for hydroxylation is 1. The molecule has 220 valence electrons. The molecule has 0 aromatic heterocycles. The first-order valence-corrected chi connectivity index (χ1v) is 14.4. The Morgan fingerprint density at radius 3 is 2.10 bits per heavy atom. The predicted molar refractivity (Wildman–Crippen MR) is 158 cm³/mol. The average Bonchev–Trinajstić information content (AvgIpc) is 2.94. The van der Waals surface area contributed by atoms with Crippen LogP contribution in [-0.2, 0) is 11.2 Å². The van der Waals surface area contributed by atoms with Crippen molar-refractivity contribution in [1.29, 1.82) is 0 Å². The van der Waals surface area contributed by atoms with E-state index < -0.39 is 30.1 Å². The molecular formula is C32H47N3O5. The molecule has 2 aromatic rings. The molecule has 0 aliphatic rings. The number of rotatable bonds is 15. The highest BCUT2D eigenvalue weighted by Crippen LogP contribution is 2.18. The number of hydrogen-bond acceptors (Lipinski definition) is 5. The van der Waals surface area contributed by atoms with E-state index in [0.29, 0.717) is 36.3 Å². The van der Waals surface area contributed by atoms with Crippen LogP contribution >= 0.6 is 0 Å². The molecule has 8 heteroatoms. The summed E-state index contributed by atoms with van der Waals surface area (Å²) in [5.74, 6) is -1.61. The van der Waals surface area contributed by atoms with E-state index in [1.807, 2.05) is 58.0 Å². The molecule has 8 nitrogen and oxygen atoms in total. The van der Waals surface area contributed by atoms with Gasteiger partial charge in [0.1, 0.15) is 6.10 Å². The number of carbonyl (C=O) groups is 3. The van der Waals surface area contributed by atoms with Crippen molar-refractivity contribution in [2.75, 3.05) is 19.6 Å². The highest BCUT2D eigenvalue weighted by molar-refractivity contribution is 6.00. The van der Waals surface area contributed by atoms with Gasteiger partial charge in [0.25, 0.3) is 11.8 Å². The maximum Gasteiger partial charge on any atom is 0.253 e. The lowest BCUT2D eigenvalue weighted by molar-refractivity contribution is -0.131. The van der Waals surface area contributed by atoms with Gasteiger partial charge in [-0.2, -0.15) is 0 Å². The van der Waals surface area contributed by atoms with Crippen molar-refractivity contribution in [2.45, 2.75) is 79.1 Å². The molecular weight excluding hydrogens is 506 g/mol. The molecule has 0 spiro atoms. The van der Waals surface area contributed by atoms with Crippen LogP contribution in [0.25, 0.3) is 0 Å². The summed E-state index contributed by atoms with van der Waals surface area (Å²) in [6.45, 7) is 13.0. The number of nitrogens with one attached hydrogen (secondary N) is 2. The van der Waals surface area contributed by atoms with Crippen LogP contribution < -0.4 is 10.6 Å². The fraction of sp³-hybridized carbons (Fsp3) is 0.531. The van der Waals surface area contributed by atoms with Crippen LogP contribution in [0, 0.1) is 18.8 Å². The summed E-state index contributed by atoms with van der Waals surface area (Å²) >= 11 is 0. The van der Waals surface area contributed by atoms with Crippen molar-refractivity contribution in [2.24, 2.45) is 11.8 Å². The van der Waals surface area contributed by atoms with Gasteiger partial charge in [-0.1, -0.05) is 71.0 Å². The second kappa shape index (κ2) is 16.1. The second-order valence-corrected chi connectivity index (χ2v) is 11.0. The van der Waals surface area contributed by atoms with E-state index in [9.17, 15) is 24.6 Å². The van der Waals surface area contributed by atoms with E-state index in [4.69, 9.17) is 0 Å². The third-order valence-corrected chi connectivity index (χ3v) is 6.99. The molecule has 0 aliphatic heterocycles. The van der Waals surface area contributed by atoms with Gasteiger partial charge >= 0.3 is 0 Å². The smallest absolute Gasteiger partial charge is 0.253 e. The Bertz CT molecular complexity index is 1100. The first kappa shape index (κ1) is 33.0. The van der Waals surface area contributed by atoms with Crippen molar-refractivity contribution >= 4 is 17.7 Å². The Balaban J connectivity index is 2.32. The zero-order valence-corrected chi connectivity index (χ0v) is 24.8. The summed E-state index contributed by atoms with van der Waals surface area (Å²) < 4.78 is 0. The van der Waals surface area contributed by atoms with E-state index >= 15 is 0 Å². The Morgan fingerprint density at radius 1 is 0.900 bits per heavy atom. The van der Waals surface area contributed by atoms with Crippen LogP contribution in [0.2, 0.25) is 0 Å². The molecule has 2 aromatic carbocycles. The summed E-state index contributed by atoms with van der Waals surface area (Å²) in [5, 5.41) is 27.9. The van der Waals surface area contributed by atoms with Crippen molar-refractivity contribution < 1.29 is 24.6 Å². The van der Waals surface area contributed by atoms with Crippen molar-refractivity contribution in [1.82, 2.24) is 15.5 Å². The van der Waals surface area contributed by atoms with Gasteiger partial charge in [-0.05, 0) is 55.4 Å². The van der Waals surface area contributed by atoms with Crippen LogP contribution in [0.5, 0.6) is 0 Å². The Labute approximate surface area is 239 Å². The third-order valence-electron chi connectivity index (χ3n) is 6.99. The first-order chi connectivity index (χ1) is 19.0. The maximum absolute atomic E-state index is 13.6. The lowest BCUT2D eigenvalue weighted by Gasteiger charge is -2.31. The average molecular weight is 554 g/mol. The Morgan fingerprint density at radius 2 is 1.52 bits per heavy atom. The van der Waals surface area contributed by atoms with Gasteiger partial charge < -0.3 is 25.7 Å². The summed E-state index contributed by atoms with van der Waals surface area (Å²) in [6.07, 6.45) is -0.921. The van der Waals surface area contributed by atoms with E-state index in [2.05, 4.69) is 10.6 Å². The Hall–Kier alpha value is -3.23. The molecule has 0 fully saturated rings. The molecule has 4 N–H and O–H groups in total. The van der Waals surface area contributed by atoms with E-state index in [-0.39, 0.29) is 24.2 Å². The minimum Gasteiger partial charge on any atom is -0.390 e. The molecule has 0 saturated carbocycles. The highest BCUT2D eigenvalue weighted by atomic mass is 16.3. The van der Waals surface area contributed by atoms with Crippen molar-refractivity contribution in [3.63, 3.8) is 0 Å². The molecule has 0 heterocycles. The fourth-order valence-electron chi connectivity index (χ4n) is 4.56. The van der Waals surface area contributed by atoms with Gasteiger partial charge in [-0.15, -0.1) is 0 Å². The number of carbonyl (C=O) groups excluding carboxylic acids is 3. The van der Waals surface area contributed by atoms with Crippen LogP contribution in [0.15, 0.2) is 48.5 Å². The minimum atomic E-state index is -1.42. The second-order valence-electron chi connectivity index (χ2n) is 11.0.